The van der Waals surface area contributed by atoms with E-state index in [9.17, 15) is 4.79 Å². The molecule has 2 aromatic carbocycles. The van der Waals surface area contributed by atoms with Gasteiger partial charge in [0.2, 0.25) is 0 Å². The van der Waals surface area contributed by atoms with Crippen LogP contribution in [0.5, 0.6) is 17.2 Å². The number of hydrogen-bond donors (Lipinski definition) is 1. The van der Waals surface area contributed by atoms with E-state index in [1.54, 1.807) is 29.2 Å². The molecular formula is C23H27N3O4. The summed E-state index contributed by atoms with van der Waals surface area (Å²) in [5.74, 6) is 1.76. The lowest BCUT2D eigenvalue weighted by Crippen LogP contribution is -2.13. The van der Waals surface area contributed by atoms with E-state index in [-0.39, 0.29) is 5.91 Å². The SMILES string of the molecule is CCOc1ccc(Cn2cc(NC(=O)c3ccccc3OCC)cn2)cc1OCC. The van der Waals surface area contributed by atoms with Crippen LogP contribution in [0.15, 0.2) is 54.9 Å². The van der Waals surface area contributed by atoms with Crippen LogP contribution in [0, 0.1) is 0 Å². The number of para-hydroxylation sites is 1. The van der Waals surface area contributed by atoms with Crippen molar-refractivity contribution in [1.29, 1.82) is 0 Å². The standard InChI is InChI=1S/C23H27N3O4/c1-4-28-20-10-8-7-9-19(20)23(27)25-18-14-24-26(16-18)15-17-11-12-21(29-5-2)22(13-17)30-6-3/h7-14,16H,4-6,15H2,1-3H3,(H,25,27). The number of carbonyl (C=O) groups excluding carboxylic acids is 1. The van der Waals surface area contributed by atoms with Crippen LogP contribution in [-0.2, 0) is 6.54 Å². The number of nitrogens with one attached hydrogen (secondary N) is 1. The summed E-state index contributed by atoms with van der Waals surface area (Å²) in [5.41, 5.74) is 2.12. The van der Waals surface area contributed by atoms with Crippen LogP contribution in [0.25, 0.3) is 0 Å². The Hall–Kier alpha value is -3.48. The number of ether oxygens (including phenoxy) is 3. The summed E-state index contributed by atoms with van der Waals surface area (Å²) < 4.78 is 18.6. The number of aromatic nitrogens is 2. The highest BCUT2D eigenvalue weighted by molar-refractivity contribution is 6.06. The summed E-state index contributed by atoms with van der Waals surface area (Å²) in [6.45, 7) is 7.94. The topological polar surface area (TPSA) is 74.6 Å². The van der Waals surface area contributed by atoms with Gasteiger partial charge >= 0.3 is 0 Å². The normalized spacial score (nSPS) is 10.5. The molecule has 0 radical (unpaired) electrons. The zero-order valence-corrected chi connectivity index (χ0v) is 17.6. The number of anilines is 1. The molecule has 1 aromatic heterocycles. The van der Waals surface area contributed by atoms with E-state index in [1.807, 2.05) is 51.1 Å². The number of nitrogens with zero attached hydrogens (tertiary/aromatic N) is 2. The minimum atomic E-state index is -0.238. The van der Waals surface area contributed by atoms with Crippen LogP contribution in [0.4, 0.5) is 5.69 Å². The molecular weight excluding hydrogens is 382 g/mol. The van der Waals surface area contributed by atoms with Crippen molar-refractivity contribution in [1.82, 2.24) is 9.78 Å². The zero-order chi connectivity index (χ0) is 21.3. The molecule has 0 spiro atoms. The molecule has 7 nitrogen and oxygen atoms in total. The van der Waals surface area contributed by atoms with Gasteiger partial charge in [0, 0.05) is 6.20 Å². The lowest BCUT2D eigenvalue weighted by Gasteiger charge is -2.12. The maximum absolute atomic E-state index is 12.6. The fourth-order valence-corrected chi connectivity index (χ4v) is 3.03. The molecule has 3 aromatic rings. The second-order valence-electron chi connectivity index (χ2n) is 6.46. The van der Waals surface area contributed by atoms with Crippen LogP contribution < -0.4 is 19.5 Å². The third kappa shape index (κ3) is 5.31. The average molecular weight is 409 g/mol. The summed E-state index contributed by atoms with van der Waals surface area (Å²) in [6, 6.07) is 13.0. The molecule has 158 valence electrons. The van der Waals surface area contributed by atoms with Crippen LogP contribution in [0.2, 0.25) is 0 Å². The quantitative estimate of drug-likeness (QED) is 0.538. The lowest BCUT2D eigenvalue weighted by atomic mass is 10.2. The van der Waals surface area contributed by atoms with E-state index in [2.05, 4.69) is 10.4 Å². The van der Waals surface area contributed by atoms with Gasteiger partial charge in [-0.3, -0.25) is 9.48 Å². The van der Waals surface area contributed by atoms with Gasteiger partial charge in [-0.1, -0.05) is 18.2 Å². The molecule has 0 atom stereocenters. The molecule has 0 aliphatic heterocycles. The van der Waals surface area contributed by atoms with E-state index in [4.69, 9.17) is 14.2 Å². The first-order valence-electron chi connectivity index (χ1n) is 10.1. The predicted octanol–water partition coefficient (Wildman–Crippen LogP) is 4.38. The second-order valence-corrected chi connectivity index (χ2v) is 6.46. The number of carbonyl (C=O) groups is 1. The van der Waals surface area contributed by atoms with Crippen molar-refractivity contribution < 1.29 is 19.0 Å². The lowest BCUT2D eigenvalue weighted by molar-refractivity contribution is 0.102. The van der Waals surface area contributed by atoms with Crippen molar-refractivity contribution in [2.45, 2.75) is 27.3 Å². The van der Waals surface area contributed by atoms with Gasteiger partial charge < -0.3 is 19.5 Å². The molecule has 0 aliphatic carbocycles. The number of benzene rings is 2. The molecule has 0 saturated carbocycles. The fourth-order valence-electron chi connectivity index (χ4n) is 3.03. The molecule has 1 amide bonds. The fraction of sp³-hybridized carbons (Fsp3) is 0.304. The van der Waals surface area contributed by atoms with Crippen molar-refractivity contribution in [3.63, 3.8) is 0 Å². The number of amides is 1. The van der Waals surface area contributed by atoms with E-state index in [0.29, 0.717) is 49.1 Å². The van der Waals surface area contributed by atoms with Gasteiger partial charge in [-0.15, -0.1) is 0 Å². The molecule has 30 heavy (non-hydrogen) atoms. The Bertz CT molecular complexity index is 984. The molecule has 0 aliphatic rings. The Morgan fingerprint density at radius 2 is 1.63 bits per heavy atom. The Balaban J connectivity index is 1.70. The first kappa shape index (κ1) is 21.2. The van der Waals surface area contributed by atoms with Crippen molar-refractivity contribution in [3.05, 3.63) is 66.0 Å². The molecule has 0 unspecified atom stereocenters. The molecule has 0 saturated heterocycles. The molecule has 1 heterocycles. The molecule has 1 N–H and O–H groups in total. The van der Waals surface area contributed by atoms with Crippen LogP contribution >= 0.6 is 0 Å². The Kier molecular flexibility index (Phi) is 7.32. The highest BCUT2D eigenvalue weighted by Crippen LogP contribution is 2.29. The maximum atomic E-state index is 12.6. The molecule has 0 bridgehead atoms. The second kappa shape index (κ2) is 10.3. The van der Waals surface area contributed by atoms with Gasteiger partial charge in [0.25, 0.3) is 5.91 Å². The number of hydrogen-bond acceptors (Lipinski definition) is 5. The van der Waals surface area contributed by atoms with Gasteiger partial charge in [0.05, 0.1) is 43.8 Å². The van der Waals surface area contributed by atoms with E-state index >= 15 is 0 Å². The van der Waals surface area contributed by atoms with E-state index in [0.717, 1.165) is 11.3 Å². The van der Waals surface area contributed by atoms with Gasteiger partial charge in [0.1, 0.15) is 5.75 Å². The minimum Gasteiger partial charge on any atom is -0.493 e. The van der Waals surface area contributed by atoms with Crippen LogP contribution in [0.3, 0.4) is 0 Å². The third-order valence-corrected chi connectivity index (χ3v) is 4.28. The minimum absolute atomic E-state index is 0.238. The first-order chi connectivity index (χ1) is 14.6. The summed E-state index contributed by atoms with van der Waals surface area (Å²) in [6.07, 6.45) is 3.41. The average Bonchev–Trinajstić information content (AvgIpc) is 3.17. The molecule has 7 heteroatoms. The van der Waals surface area contributed by atoms with Crippen molar-refractivity contribution >= 4 is 11.6 Å². The smallest absolute Gasteiger partial charge is 0.259 e. The van der Waals surface area contributed by atoms with Crippen LogP contribution in [0.1, 0.15) is 36.7 Å². The zero-order valence-electron chi connectivity index (χ0n) is 17.6. The monoisotopic (exact) mass is 409 g/mol. The van der Waals surface area contributed by atoms with Crippen molar-refractivity contribution in [3.8, 4) is 17.2 Å². The Labute approximate surface area is 176 Å². The molecule has 3 rings (SSSR count). The largest absolute Gasteiger partial charge is 0.493 e. The Morgan fingerprint density at radius 1 is 0.933 bits per heavy atom. The predicted molar refractivity (Wildman–Crippen MR) is 116 cm³/mol. The highest BCUT2D eigenvalue weighted by atomic mass is 16.5. The summed E-state index contributed by atoms with van der Waals surface area (Å²) in [7, 11) is 0. The van der Waals surface area contributed by atoms with Crippen molar-refractivity contribution in [2.75, 3.05) is 25.1 Å². The van der Waals surface area contributed by atoms with Gasteiger partial charge in [-0.2, -0.15) is 5.10 Å². The molecule has 0 fully saturated rings. The maximum Gasteiger partial charge on any atom is 0.259 e. The Morgan fingerprint density at radius 3 is 2.40 bits per heavy atom. The van der Waals surface area contributed by atoms with E-state index in [1.165, 1.54) is 0 Å². The highest BCUT2D eigenvalue weighted by Gasteiger charge is 2.13. The van der Waals surface area contributed by atoms with Gasteiger partial charge in [-0.05, 0) is 50.6 Å². The summed E-state index contributed by atoms with van der Waals surface area (Å²) >= 11 is 0. The van der Waals surface area contributed by atoms with Crippen LogP contribution in [-0.4, -0.2) is 35.5 Å². The van der Waals surface area contributed by atoms with Gasteiger partial charge in [-0.25, -0.2) is 0 Å². The van der Waals surface area contributed by atoms with Crippen molar-refractivity contribution in [2.24, 2.45) is 0 Å². The summed E-state index contributed by atoms with van der Waals surface area (Å²) in [5, 5.41) is 7.22. The van der Waals surface area contributed by atoms with E-state index < -0.39 is 0 Å². The number of rotatable bonds is 10. The first-order valence-corrected chi connectivity index (χ1v) is 10.1. The third-order valence-electron chi connectivity index (χ3n) is 4.28. The summed E-state index contributed by atoms with van der Waals surface area (Å²) in [4.78, 5) is 12.6. The van der Waals surface area contributed by atoms with Gasteiger partial charge in [0.15, 0.2) is 11.5 Å².